The molecule has 3 aromatic rings. The molecule has 30 heavy (non-hydrogen) atoms. The van der Waals surface area contributed by atoms with Crippen LogP contribution in [0.3, 0.4) is 0 Å². The second-order valence-electron chi connectivity index (χ2n) is 6.99. The van der Waals surface area contributed by atoms with Gasteiger partial charge in [-0.2, -0.15) is 0 Å². The van der Waals surface area contributed by atoms with Gasteiger partial charge in [0.05, 0.1) is 18.0 Å². The Morgan fingerprint density at radius 1 is 1.17 bits per heavy atom. The van der Waals surface area contributed by atoms with Crippen molar-refractivity contribution in [1.82, 2.24) is 20.1 Å². The first-order chi connectivity index (χ1) is 14.5. The van der Waals surface area contributed by atoms with Crippen LogP contribution >= 0.6 is 23.4 Å². The van der Waals surface area contributed by atoms with Crippen molar-refractivity contribution in [3.05, 3.63) is 59.1 Å². The van der Waals surface area contributed by atoms with Crippen LogP contribution < -0.4 is 5.32 Å². The number of carbonyl (C=O) groups is 1. The van der Waals surface area contributed by atoms with E-state index in [1.54, 1.807) is 7.11 Å². The molecule has 0 aliphatic heterocycles. The monoisotopic (exact) mass is 444 g/mol. The summed E-state index contributed by atoms with van der Waals surface area (Å²) in [4.78, 5) is 12.2. The molecule has 0 saturated heterocycles. The molecule has 0 unspecified atom stereocenters. The van der Waals surface area contributed by atoms with Crippen molar-refractivity contribution in [2.24, 2.45) is 0 Å². The molecule has 158 valence electrons. The highest BCUT2D eigenvalue weighted by Gasteiger charge is 2.20. The number of aromatic nitrogens is 3. The molecule has 0 atom stereocenters. The van der Waals surface area contributed by atoms with Crippen LogP contribution in [-0.2, 0) is 9.53 Å². The molecule has 0 aliphatic rings. The van der Waals surface area contributed by atoms with Gasteiger partial charge in [-0.15, -0.1) is 10.2 Å². The third-order valence-corrected chi connectivity index (χ3v) is 5.68. The number of hydrogen-bond acceptors (Lipinski definition) is 5. The summed E-state index contributed by atoms with van der Waals surface area (Å²) in [6.07, 6.45) is 0. The van der Waals surface area contributed by atoms with Crippen LogP contribution in [-0.4, -0.2) is 46.7 Å². The quantitative estimate of drug-likeness (QED) is 0.387. The zero-order valence-electron chi connectivity index (χ0n) is 17.3. The lowest BCUT2D eigenvalue weighted by molar-refractivity contribution is -0.118. The van der Waals surface area contributed by atoms with E-state index in [9.17, 15) is 4.79 Å². The summed E-state index contributed by atoms with van der Waals surface area (Å²) in [5.74, 6) is 1.20. The van der Waals surface area contributed by atoms with Gasteiger partial charge in [-0.05, 0) is 41.8 Å². The smallest absolute Gasteiger partial charge is 0.230 e. The summed E-state index contributed by atoms with van der Waals surface area (Å²) >= 11 is 7.42. The maximum Gasteiger partial charge on any atom is 0.230 e. The van der Waals surface area contributed by atoms with Crippen molar-refractivity contribution < 1.29 is 9.53 Å². The first kappa shape index (κ1) is 22.3. The molecule has 1 amide bonds. The Kier molecular flexibility index (Phi) is 7.90. The van der Waals surface area contributed by atoms with Crippen LogP contribution in [0.2, 0.25) is 5.02 Å². The van der Waals surface area contributed by atoms with E-state index in [4.69, 9.17) is 16.3 Å². The predicted octanol–water partition coefficient (Wildman–Crippen LogP) is 4.57. The third kappa shape index (κ3) is 5.41. The van der Waals surface area contributed by atoms with Crippen molar-refractivity contribution in [2.45, 2.75) is 24.9 Å². The van der Waals surface area contributed by atoms with Crippen LogP contribution in [0.1, 0.15) is 25.3 Å². The zero-order valence-corrected chi connectivity index (χ0v) is 18.8. The van der Waals surface area contributed by atoms with E-state index in [0.29, 0.717) is 35.1 Å². The highest BCUT2D eigenvalue weighted by Crippen LogP contribution is 2.32. The number of ether oxygens (including phenoxy) is 1. The highest BCUT2D eigenvalue weighted by molar-refractivity contribution is 7.99. The minimum absolute atomic E-state index is 0.0724. The number of nitrogens with one attached hydrogen (secondary N) is 1. The molecule has 0 saturated carbocycles. The summed E-state index contributed by atoms with van der Waals surface area (Å²) in [6.45, 7) is 5.27. The first-order valence-corrected chi connectivity index (χ1v) is 11.1. The van der Waals surface area contributed by atoms with Gasteiger partial charge in [-0.3, -0.25) is 9.36 Å². The van der Waals surface area contributed by atoms with Crippen LogP contribution in [0.25, 0.3) is 17.1 Å². The first-order valence-electron chi connectivity index (χ1n) is 9.70. The average Bonchev–Trinajstić information content (AvgIpc) is 3.16. The van der Waals surface area contributed by atoms with E-state index in [1.165, 1.54) is 17.3 Å². The lowest BCUT2D eigenvalue weighted by Gasteiger charge is -2.17. The Balaban J connectivity index is 1.98. The van der Waals surface area contributed by atoms with Gasteiger partial charge in [0.25, 0.3) is 0 Å². The Bertz CT molecular complexity index is 989. The van der Waals surface area contributed by atoms with E-state index in [1.807, 2.05) is 41.0 Å². The second-order valence-corrected chi connectivity index (χ2v) is 8.37. The van der Waals surface area contributed by atoms with Crippen LogP contribution in [0, 0.1) is 0 Å². The largest absolute Gasteiger partial charge is 0.383 e. The number of halogens is 1. The van der Waals surface area contributed by atoms with Crippen LogP contribution in [0.4, 0.5) is 0 Å². The summed E-state index contributed by atoms with van der Waals surface area (Å²) in [5, 5.41) is 13.0. The lowest BCUT2D eigenvalue weighted by Crippen LogP contribution is -2.28. The lowest BCUT2D eigenvalue weighted by atomic mass is 10.0. The topological polar surface area (TPSA) is 69.0 Å². The number of rotatable bonds is 9. The molecule has 0 aliphatic carbocycles. The van der Waals surface area contributed by atoms with Crippen molar-refractivity contribution in [3.63, 3.8) is 0 Å². The van der Waals surface area contributed by atoms with E-state index >= 15 is 0 Å². The van der Waals surface area contributed by atoms with Gasteiger partial charge in [0.1, 0.15) is 0 Å². The van der Waals surface area contributed by atoms with Crippen molar-refractivity contribution in [1.29, 1.82) is 0 Å². The fourth-order valence-electron chi connectivity index (χ4n) is 3.02. The van der Waals surface area contributed by atoms with E-state index in [-0.39, 0.29) is 11.7 Å². The highest BCUT2D eigenvalue weighted by atomic mass is 35.5. The Labute approximate surface area is 186 Å². The molecule has 0 radical (unpaired) electrons. The van der Waals surface area contributed by atoms with E-state index < -0.39 is 0 Å². The van der Waals surface area contributed by atoms with E-state index in [2.05, 4.69) is 41.5 Å². The number of para-hydroxylation sites is 1. The van der Waals surface area contributed by atoms with Gasteiger partial charge in [-0.25, -0.2) is 0 Å². The Morgan fingerprint density at radius 2 is 1.90 bits per heavy atom. The molecule has 0 spiro atoms. The number of amides is 1. The molecule has 1 aromatic heterocycles. The standard InChI is InChI=1S/C22H25ClN4O2S/c1-15(2)18-6-4-5-7-19(18)27-21(16-8-10-17(23)11-9-16)25-26-22(27)30-14-20(28)24-12-13-29-3/h4-11,15H,12-14H2,1-3H3,(H,24,28). The van der Waals surface area contributed by atoms with E-state index in [0.717, 1.165) is 11.3 Å². The van der Waals surface area contributed by atoms with Gasteiger partial charge in [-0.1, -0.05) is 55.4 Å². The molecule has 0 bridgehead atoms. The number of carbonyl (C=O) groups excluding carboxylic acids is 1. The molecule has 1 heterocycles. The minimum Gasteiger partial charge on any atom is -0.383 e. The molecule has 6 nitrogen and oxygen atoms in total. The fourth-order valence-corrected chi connectivity index (χ4v) is 3.92. The van der Waals surface area contributed by atoms with Crippen LogP contribution in [0.15, 0.2) is 53.7 Å². The van der Waals surface area contributed by atoms with Gasteiger partial charge < -0.3 is 10.1 Å². The zero-order chi connectivity index (χ0) is 21.5. The molecule has 3 rings (SSSR count). The van der Waals surface area contributed by atoms with Gasteiger partial charge in [0, 0.05) is 24.2 Å². The molecule has 2 aromatic carbocycles. The second kappa shape index (κ2) is 10.6. The third-order valence-electron chi connectivity index (χ3n) is 4.50. The van der Waals surface area contributed by atoms with Crippen molar-refractivity contribution in [2.75, 3.05) is 26.0 Å². The van der Waals surface area contributed by atoms with Gasteiger partial charge in [0.2, 0.25) is 5.91 Å². The summed E-state index contributed by atoms with van der Waals surface area (Å²) in [6, 6.07) is 15.7. The SMILES string of the molecule is COCCNC(=O)CSc1nnc(-c2ccc(Cl)cc2)n1-c1ccccc1C(C)C. The number of thioether (sulfide) groups is 1. The number of benzene rings is 2. The van der Waals surface area contributed by atoms with Crippen molar-refractivity contribution in [3.8, 4) is 17.1 Å². The van der Waals surface area contributed by atoms with Gasteiger partial charge >= 0.3 is 0 Å². The minimum atomic E-state index is -0.0724. The normalized spacial score (nSPS) is 11.1. The molecule has 8 heteroatoms. The summed E-state index contributed by atoms with van der Waals surface area (Å²) in [5.41, 5.74) is 3.09. The Hall–Kier alpha value is -2.35. The average molecular weight is 445 g/mol. The molecular weight excluding hydrogens is 420 g/mol. The molecule has 1 N–H and O–H groups in total. The fraction of sp³-hybridized carbons (Fsp3) is 0.318. The molecular formula is C22H25ClN4O2S. The summed E-state index contributed by atoms with van der Waals surface area (Å²) in [7, 11) is 1.61. The number of hydrogen-bond donors (Lipinski definition) is 1. The number of methoxy groups -OCH3 is 1. The summed E-state index contributed by atoms with van der Waals surface area (Å²) < 4.78 is 6.99. The maximum atomic E-state index is 12.2. The Morgan fingerprint density at radius 3 is 2.60 bits per heavy atom. The predicted molar refractivity (Wildman–Crippen MR) is 122 cm³/mol. The van der Waals surface area contributed by atoms with Gasteiger partial charge in [0.15, 0.2) is 11.0 Å². The van der Waals surface area contributed by atoms with Crippen LogP contribution in [0.5, 0.6) is 0 Å². The maximum absolute atomic E-state index is 12.2. The number of nitrogens with zero attached hydrogens (tertiary/aromatic N) is 3. The van der Waals surface area contributed by atoms with Crippen molar-refractivity contribution >= 4 is 29.3 Å². The molecule has 0 fully saturated rings.